The number of nitrogens with one attached hydrogen (secondary N) is 1. The third-order valence-corrected chi connectivity index (χ3v) is 4.75. The lowest BCUT2D eigenvalue weighted by Gasteiger charge is -2.23. The van der Waals surface area contributed by atoms with E-state index >= 15 is 0 Å². The standard InChI is InChI=1S/C19H24N4O3/c24-8-6-20-19-21-16(15-5-9-25-13-15)11-18(22-19)23-7-10-26-17-4-2-1-3-14(17)12-23/h1-4,11,15,24H,5-10,12-13H2,(H,20,21,22)/t15-/m1/s1. The van der Waals surface area contributed by atoms with Gasteiger partial charge in [-0.3, -0.25) is 0 Å². The fourth-order valence-electron chi connectivity index (χ4n) is 3.36. The summed E-state index contributed by atoms with van der Waals surface area (Å²) in [6, 6.07) is 10.2. The van der Waals surface area contributed by atoms with Gasteiger partial charge in [0.1, 0.15) is 18.2 Å². The summed E-state index contributed by atoms with van der Waals surface area (Å²) in [5.41, 5.74) is 2.14. The molecule has 0 saturated carbocycles. The molecule has 7 nitrogen and oxygen atoms in total. The van der Waals surface area contributed by atoms with Crippen molar-refractivity contribution in [3.63, 3.8) is 0 Å². The molecule has 2 aromatic rings. The number of aliphatic hydroxyl groups excluding tert-OH is 1. The van der Waals surface area contributed by atoms with Crippen LogP contribution in [-0.4, -0.2) is 54.6 Å². The molecule has 2 aliphatic rings. The number of rotatable bonds is 5. The highest BCUT2D eigenvalue weighted by molar-refractivity contribution is 5.48. The van der Waals surface area contributed by atoms with E-state index < -0.39 is 0 Å². The fraction of sp³-hybridized carbons (Fsp3) is 0.474. The smallest absolute Gasteiger partial charge is 0.224 e. The van der Waals surface area contributed by atoms with E-state index in [9.17, 15) is 0 Å². The molecule has 1 saturated heterocycles. The summed E-state index contributed by atoms with van der Waals surface area (Å²) in [5.74, 6) is 2.66. The summed E-state index contributed by atoms with van der Waals surface area (Å²) in [6.45, 7) is 4.05. The van der Waals surface area contributed by atoms with Crippen LogP contribution in [0.3, 0.4) is 0 Å². The molecule has 1 aromatic heterocycles. The van der Waals surface area contributed by atoms with Crippen molar-refractivity contribution in [2.45, 2.75) is 18.9 Å². The van der Waals surface area contributed by atoms with Crippen LogP contribution in [-0.2, 0) is 11.3 Å². The molecule has 0 radical (unpaired) electrons. The summed E-state index contributed by atoms with van der Waals surface area (Å²) >= 11 is 0. The fourth-order valence-corrected chi connectivity index (χ4v) is 3.36. The van der Waals surface area contributed by atoms with Crippen molar-refractivity contribution in [2.24, 2.45) is 0 Å². The topological polar surface area (TPSA) is 79.7 Å². The highest BCUT2D eigenvalue weighted by Crippen LogP contribution is 2.30. The minimum absolute atomic E-state index is 0.0421. The average molecular weight is 356 g/mol. The van der Waals surface area contributed by atoms with Crippen LogP contribution in [0.1, 0.15) is 23.6 Å². The van der Waals surface area contributed by atoms with Crippen LogP contribution >= 0.6 is 0 Å². The summed E-state index contributed by atoms with van der Waals surface area (Å²) in [7, 11) is 0. The molecule has 0 spiro atoms. The normalized spacial score (nSPS) is 19.6. The molecule has 3 heterocycles. The van der Waals surface area contributed by atoms with E-state index in [2.05, 4.69) is 32.3 Å². The van der Waals surface area contributed by atoms with Crippen molar-refractivity contribution in [1.29, 1.82) is 0 Å². The van der Waals surface area contributed by atoms with E-state index in [1.54, 1.807) is 0 Å². The van der Waals surface area contributed by atoms with Gasteiger partial charge in [0.05, 0.1) is 25.5 Å². The molecule has 1 aromatic carbocycles. The monoisotopic (exact) mass is 356 g/mol. The first-order valence-corrected chi connectivity index (χ1v) is 9.10. The van der Waals surface area contributed by atoms with Gasteiger partial charge in [0.25, 0.3) is 0 Å². The maximum atomic E-state index is 9.11. The second-order valence-corrected chi connectivity index (χ2v) is 6.56. The summed E-state index contributed by atoms with van der Waals surface area (Å²) < 4.78 is 11.4. The largest absolute Gasteiger partial charge is 0.491 e. The van der Waals surface area contributed by atoms with Crippen molar-refractivity contribution in [2.75, 3.05) is 49.7 Å². The van der Waals surface area contributed by atoms with Crippen molar-refractivity contribution in [1.82, 2.24) is 9.97 Å². The predicted molar refractivity (Wildman–Crippen MR) is 98.8 cm³/mol. The van der Waals surface area contributed by atoms with E-state index in [4.69, 9.17) is 14.6 Å². The number of anilines is 2. The average Bonchev–Trinajstić information content (AvgIpc) is 3.13. The molecule has 2 N–H and O–H groups in total. The van der Waals surface area contributed by atoms with Gasteiger partial charge in [-0.15, -0.1) is 0 Å². The Labute approximate surface area is 153 Å². The summed E-state index contributed by atoms with van der Waals surface area (Å²) in [6.07, 6.45) is 0.974. The molecule has 26 heavy (non-hydrogen) atoms. The minimum Gasteiger partial charge on any atom is -0.491 e. The number of hydrogen-bond donors (Lipinski definition) is 2. The number of ether oxygens (including phenoxy) is 2. The van der Waals surface area contributed by atoms with Crippen LogP contribution in [0.5, 0.6) is 5.75 Å². The number of benzene rings is 1. The Balaban J connectivity index is 1.64. The van der Waals surface area contributed by atoms with Gasteiger partial charge in [-0.2, -0.15) is 4.98 Å². The number of hydrogen-bond acceptors (Lipinski definition) is 7. The van der Waals surface area contributed by atoms with Crippen LogP contribution in [0.25, 0.3) is 0 Å². The van der Waals surface area contributed by atoms with Crippen LogP contribution < -0.4 is 15.0 Å². The van der Waals surface area contributed by atoms with Gasteiger partial charge in [-0.25, -0.2) is 4.98 Å². The molecule has 138 valence electrons. The van der Waals surface area contributed by atoms with Gasteiger partial charge < -0.3 is 24.8 Å². The maximum absolute atomic E-state index is 9.11. The maximum Gasteiger partial charge on any atom is 0.224 e. The molecular formula is C19H24N4O3. The van der Waals surface area contributed by atoms with Gasteiger partial charge in [0, 0.05) is 37.2 Å². The lowest BCUT2D eigenvalue weighted by molar-refractivity contribution is 0.193. The third-order valence-electron chi connectivity index (χ3n) is 4.75. The van der Waals surface area contributed by atoms with Gasteiger partial charge in [-0.1, -0.05) is 18.2 Å². The zero-order chi connectivity index (χ0) is 17.8. The molecule has 7 heteroatoms. The number of para-hydroxylation sites is 1. The number of nitrogens with zero attached hydrogens (tertiary/aromatic N) is 3. The SMILES string of the molecule is OCCNc1nc([C@@H]2CCOC2)cc(N2CCOc3ccccc3C2)n1. The minimum atomic E-state index is 0.0421. The number of aliphatic hydroxyl groups is 1. The van der Waals surface area contributed by atoms with E-state index in [1.807, 2.05) is 18.2 Å². The van der Waals surface area contributed by atoms with Gasteiger partial charge in [-0.05, 0) is 12.5 Å². The van der Waals surface area contributed by atoms with Crippen LogP contribution in [0.15, 0.2) is 30.3 Å². The van der Waals surface area contributed by atoms with Gasteiger partial charge in [0.15, 0.2) is 0 Å². The first-order chi connectivity index (χ1) is 12.8. The summed E-state index contributed by atoms with van der Waals surface area (Å²) in [5, 5.41) is 12.2. The molecule has 1 atom stereocenters. The van der Waals surface area contributed by atoms with Crippen LogP contribution in [0, 0.1) is 0 Å². The zero-order valence-electron chi connectivity index (χ0n) is 14.7. The van der Waals surface area contributed by atoms with E-state index in [0.29, 0.717) is 31.6 Å². The molecule has 0 bridgehead atoms. The Morgan fingerprint density at radius 3 is 3.00 bits per heavy atom. The van der Waals surface area contributed by atoms with Gasteiger partial charge >= 0.3 is 0 Å². The second kappa shape index (κ2) is 7.88. The third kappa shape index (κ3) is 3.73. The molecule has 1 fully saturated rings. The Bertz CT molecular complexity index is 749. The second-order valence-electron chi connectivity index (χ2n) is 6.56. The van der Waals surface area contributed by atoms with Crippen LogP contribution in [0.4, 0.5) is 11.8 Å². The first kappa shape index (κ1) is 17.1. The first-order valence-electron chi connectivity index (χ1n) is 9.10. The molecular weight excluding hydrogens is 332 g/mol. The van der Waals surface area contributed by atoms with Crippen molar-refractivity contribution < 1.29 is 14.6 Å². The molecule has 0 unspecified atom stereocenters. The van der Waals surface area contributed by atoms with E-state index in [0.717, 1.165) is 48.9 Å². The Hall–Kier alpha value is -2.38. The zero-order valence-corrected chi connectivity index (χ0v) is 14.7. The molecule has 0 amide bonds. The number of aromatic nitrogens is 2. The molecule has 4 rings (SSSR count). The quantitative estimate of drug-likeness (QED) is 0.845. The lowest BCUT2D eigenvalue weighted by atomic mass is 10.0. The lowest BCUT2D eigenvalue weighted by Crippen LogP contribution is -2.27. The predicted octanol–water partition coefficient (Wildman–Crippen LogP) is 1.78. The van der Waals surface area contributed by atoms with E-state index in [1.165, 1.54) is 0 Å². The van der Waals surface area contributed by atoms with Crippen LogP contribution in [0.2, 0.25) is 0 Å². The Kier molecular flexibility index (Phi) is 5.17. The number of fused-ring (bicyclic) bond motifs is 1. The Morgan fingerprint density at radius 2 is 2.15 bits per heavy atom. The Morgan fingerprint density at radius 1 is 1.23 bits per heavy atom. The van der Waals surface area contributed by atoms with E-state index in [-0.39, 0.29) is 6.61 Å². The van der Waals surface area contributed by atoms with Crippen molar-refractivity contribution in [3.05, 3.63) is 41.6 Å². The molecule has 0 aliphatic carbocycles. The van der Waals surface area contributed by atoms with Crippen molar-refractivity contribution in [3.8, 4) is 5.75 Å². The van der Waals surface area contributed by atoms with Crippen molar-refractivity contribution >= 4 is 11.8 Å². The highest BCUT2D eigenvalue weighted by atomic mass is 16.5. The molecule has 2 aliphatic heterocycles. The summed E-state index contributed by atoms with van der Waals surface area (Å²) in [4.78, 5) is 11.5. The van der Waals surface area contributed by atoms with Gasteiger partial charge in [0.2, 0.25) is 5.95 Å². The highest BCUT2D eigenvalue weighted by Gasteiger charge is 2.23.